The predicted octanol–water partition coefficient (Wildman–Crippen LogP) is 5.70. The third-order valence-corrected chi connectivity index (χ3v) is 5.03. The lowest BCUT2D eigenvalue weighted by Crippen LogP contribution is -2.05. The molecule has 5 aromatic rings. The largest absolute Gasteiger partial charge is 0.413 e. The van der Waals surface area contributed by atoms with Crippen LogP contribution in [-0.4, -0.2) is 26.1 Å². The van der Waals surface area contributed by atoms with Gasteiger partial charge in [0.25, 0.3) is 5.89 Å². The molecular formula is C24H17ClN6O2. The van der Waals surface area contributed by atoms with Crippen molar-refractivity contribution in [1.29, 1.82) is 0 Å². The number of carbonyl (C=O) groups excluding carboxylic acids is 1. The smallest absolute Gasteiger partial charge is 0.286 e. The number of hydrogen-bond acceptors (Lipinski definition) is 7. The van der Waals surface area contributed by atoms with Crippen LogP contribution in [0.2, 0.25) is 5.02 Å². The van der Waals surface area contributed by atoms with E-state index < -0.39 is 0 Å². The molecular weight excluding hydrogens is 440 g/mol. The Kier molecular flexibility index (Phi) is 5.42. The van der Waals surface area contributed by atoms with Gasteiger partial charge in [-0.15, -0.1) is 10.2 Å². The van der Waals surface area contributed by atoms with Crippen molar-refractivity contribution >= 4 is 45.6 Å². The number of halogens is 1. The van der Waals surface area contributed by atoms with E-state index in [4.69, 9.17) is 16.0 Å². The predicted molar refractivity (Wildman–Crippen MR) is 127 cm³/mol. The molecule has 1 amide bonds. The highest BCUT2D eigenvalue weighted by Crippen LogP contribution is 2.29. The summed E-state index contributed by atoms with van der Waals surface area (Å²) < 4.78 is 5.84. The molecule has 0 atom stereocenters. The normalized spacial score (nSPS) is 10.8. The Morgan fingerprint density at radius 1 is 0.848 bits per heavy atom. The molecule has 8 nitrogen and oxygen atoms in total. The molecule has 0 aliphatic rings. The van der Waals surface area contributed by atoms with E-state index in [0.717, 1.165) is 22.2 Å². The van der Waals surface area contributed by atoms with Crippen LogP contribution in [0.5, 0.6) is 0 Å². The Morgan fingerprint density at radius 2 is 1.55 bits per heavy atom. The van der Waals surface area contributed by atoms with E-state index >= 15 is 0 Å². The average Bonchev–Trinajstić information content (AvgIpc) is 3.31. The fourth-order valence-electron chi connectivity index (χ4n) is 3.27. The first-order valence-electron chi connectivity index (χ1n) is 10.1. The van der Waals surface area contributed by atoms with Gasteiger partial charge < -0.3 is 15.1 Å². The minimum atomic E-state index is -0.125. The van der Waals surface area contributed by atoms with E-state index in [-0.39, 0.29) is 11.8 Å². The van der Waals surface area contributed by atoms with Crippen molar-refractivity contribution < 1.29 is 9.21 Å². The average molecular weight is 457 g/mol. The molecule has 0 bridgehead atoms. The fourth-order valence-corrected chi connectivity index (χ4v) is 3.39. The lowest BCUT2D eigenvalue weighted by Gasteiger charge is -2.10. The van der Waals surface area contributed by atoms with Crippen molar-refractivity contribution in [2.45, 2.75) is 6.92 Å². The van der Waals surface area contributed by atoms with Gasteiger partial charge >= 0.3 is 0 Å². The second-order valence-electron chi connectivity index (χ2n) is 7.22. The molecule has 0 fully saturated rings. The number of anilines is 3. The minimum Gasteiger partial charge on any atom is -0.413 e. The SMILES string of the molecule is CC(=O)Nc1ccc(Nc2nc(-c3nnc(-c4ccc(Cl)cc4)o3)nc3ccccc23)cc1. The van der Waals surface area contributed by atoms with Crippen LogP contribution in [0.25, 0.3) is 34.1 Å². The van der Waals surface area contributed by atoms with Crippen molar-refractivity contribution in [1.82, 2.24) is 20.2 Å². The molecule has 162 valence electrons. The number of nitrogens with zero attached hydrogens (tertiary/aromatic N) is 4. The molecule has 3 aromatic carbocycles. The van der Waals surface area contributed by atoms with Gasteiger partial charge in [0.15, 0.2) is 0 Å². The minimum absolute atomic E-state index is 0.125. The molecule has 0 radical (unpaired) electrons. The highest BCUT2D eigenvalue weighted by Gasteiger charge is 2.16. The van der Waals surface area contributed by atoms with Crippen LogP contribution in [0.4, 0.5) is 17.2 Å². The van der Waals surface area contributed by atoms with E-state index in [0.29, 0.717) is 28.2 Å². The quantitative estimate of drug-likeness (QED) is 0.349. The third kappa shape index (κ3) is 4.51. The Bertz CT molecular complexity index is 1450. The zero-order chi connectivity index (χ0) is 22.8. The number of carbonyl (C=O) groups is 1. The molecule has 0 saturated carbocycles. The number of nitrogens with one attached hydrogen (secondary N) is 2. The Labute approximate surface area is 193 Å². The lowest BCUT2D eigenvalue weighted by atomic mass is 10.2. The van der Waals surface area contributed by atoms with Gasteiger partial charge in [-0.3, -0.25) is 4.79 Å². The van der Waals surface area contributed by atoms with Crippen LogP contribution in [0, 0.1) is 0 Å². The van der Waals surface area contributed by atoms with E-state index in [9.17, 15) is 4.79 Å². The first-order valence-corrected chi connectivity index (χ1v) is 10.4. The summed E-state index contributed by atoms with van der Waals surface area (Å²) in [6.45, 7) is 1.47. The van der Waals surface area contributed by atoms with Crippen LogP contribution in [-0.2, 0) is 4.79 Å². The summed E-state index contributed by atoms with van der Waals surface area (Å²) in [5.74, 6) is 1.32. The van der Waals surface area contributed by atoms with Crippen molar-refractivity contribution in [2.24, 2.45) is 0 Å². The first-order chi connectivity index (χ1) is 16.0. The number of amides is 1. The molecule has 9 heteroatoms. The van der Waals surface area contributed by atoms with Crippen molar-refractivity contribution in [3.63, 3.8) is 0 Å². The van der Waals surface area contributed by atoms with Crippen LogP contribution in [0.3, 0.4) is 0 Å². The van der Waals surface area contributed by atoms with E-state index in [2.05, 4.69) is 30.8 Å². The maximum Gasteiger partial charge on any atom is 0.286 e. The Morgan fingerprint density at radius 3 is 2.30 bits per heavy atom. The van der Waals surface area contributed by atoms with E-state index in [1.165, 1.54) is 6.92 Å². The van der Waals surface area contributed by atoms with Gasteiger partial charge in [-0.2, -0.15) is 0 Å². The molecule has 0 aliphatic heterocycles. The van der Waals surface area contributed by atoms with Gasteiger partial charge in [-0.25, -0.2) is 9.97 Å². The van der Waals surface area contributed by atoms with Gasteiger partial charge in [-0.1, -0.05) is 23.7 Å². The van der Waals surface area contributed by atoms with Crippen LogP contribution in [0.1, 0.15) is 6.92 Å². The van der Waals surface area contributed by atoms with E-state index in [1.54, 1.807) is 24.3 Å². The van der Waals surface area contributed by atoms with Gasteiger partial charge in [0.2, 0.25) is 17.6 Å². The Hall–Kier alpha value is -4.30. The molecule has 2 aromatic heterocycles. The summed E-state index contributed by atoms with van der Waals surface area (Å²) >= 11 is 5.96. The second kappa shape index (κ2) is 8.68. The second-order valence-corrected chi connectivity index (χ2v) is 7.65. The van der Waals surface area contributed by atoms with Crippen LogP contribution < -0.4 is 10.6 Å². The molecule has 2 N–H and O–H groups in total. The number of rotatable bonds is 5. The molecule has 0 unspecified atom stereocenters. The maximum atomic E-state index is 11.2. The molecule has 0 saturated heterocycles. The fraction of sp³-hybridized carbons (Fsp3) is 0.0417. The molecule has 0 spiro atoms. The monoisotopic (exact) mass is 456 g/mol. The molecule has 0 aliphatic carbocycles. The van der Waals surface area contributed by atoms with Crippen LogP contribution >= 0.6 is 11.6 Å². The van der Waals surface area contributed by atoms with Gasteiger partial charge in [0.05, 0.1) is 5.52 Å². The van der Waals surface area contributed by atoms with Gasteiger partial charge in [0.1, 0.15) is 5.82 Å². The number of para-hydroxylation sites is 1. The summed E-state index contributed by atoms with van der Waals surface area (Å²) in [7, 11) is 0. The zero-order valence-corrected chi connectivity index (χ0v) is 18.2. The van der Waals surface area contributed by atoms with E-state index in [1.807, 2.05) is 48.5 Å². The standard InChI is InChI=1S/C24H17ClN6O2/c1-14(32)26-17-10-12-18(13-11-17)27-21-19-4-2-3-5-20(19)28-22(29-21)24-31-30-23(33-24)15-6-8-16(25)9-7-15/h2-13H,1H3,(H,26,32)(H,27,28,29). The van der Waals surface area contributed by atoms with Crippen molar-refractivity contribution in [2.75, 3.05) is 10.6 Å². The number of fused-ring (bicyclic) bond motifs is 1. The molecule has 2 heterocycles. The first kappa shape index (κ1) is 20.6. The summed E-state index contributed by atoms with van der Waals surface area (Å²) in [6.07, 6.45) is 0. The summed E-state index contributed by atoms with van der Waals surface area (Å²) in [6, 6.07) is 22.1. The topological polar surface area (TPSA) is 106 Å². The third-order valence-electron chi connectivity index (χ3n) is 4.78. The molecule has 33 heavy (non-hydrogen) atoms. The van der Waals surface area contributed by atoms with Crippen LogP contribution in [0.15, 0.2) is 77.2 Å². The van der Waals surface area contributed by atoms with Crippen molar-refractivity contribution in [3.8, 4) is 23.2 Å². The maximum absolute atomic E-state index is 11.2. The summed E-state index contributed by atoms with van der Waals surface area (Å²) in [4.78, 5) is 20.5. The Balaban J connectivity index is 1.50. The van der Waals surface area contributed by atoms with Gasteiger partial charge in [0, 0.05) is 34.3 Å². The summed E-state index contributed by atoms with van der Waals surface area (Å²) in [5, 5.41) is 15.8. The van der Waals surface area contributed by atoms with Crippen molar-refractivity contribution in [3.05, 3.63) is 77.8 Å². The zero-order valence-electron chi connectivity index (χ0n) is 17.4. The highest BCUT2D eigenvalue weighted by molar-refractivity contribution is 6.30. The highest BCUT2D eigenvalue weighted by atomic mass is 35.5. The van der Waals surface area contributed by atoms with Gasteiger partial charge in [-0.05, 0) is 60.7 Å². The number of hydrogen-bond donors (Lipinski definition) is 2. The molecule has 5 rings (SSSR count). The summed E-state index contributed by atoms with van der Waals surface area (Å²) in [5.41, 5.74) is 2.98. The number of benzene rings is 3. The lowest BCUT2D eigenvalue weighted by molar-refractivity contribution is -0.114. The number of aromatic nitrogens is 4.